The summed E-state index contributed by atoms with van der Waals surface area (Å²) >= 11 is 0. The van der Waals surface area contributed by atoms with E-state index in [1.54, 1.807) is 0 Å². The second-order valence-corrected chi connectivity index (χ2v) is 5.94. The van der Waals surface area contributed by atoms with Gasteiger partial charge in [-0.15, -0.1) is 0 Å². The standard InChI is InChI=1S/C15H28N2O2/c1-3-7-15(8-9-16-12-15)14(18)17(4-2)11-13-6-5-10-19-13/h13,16H,3-12H2,1-2H3. The summed E-state index contributed by atoms with van der Waals surface area (Å²) in [5.41, 5.74) is -0.149. The largest absolute Gasteiger partial charge is 0.376 e. The van der Waals surface area contributed by atoms with Crippen LogP contribution in [0.25, 0.3) is 0 Å². The highest BCUT2D eigenvalue weighted by Crippen LogP contribution is 2.33. The summed E-state index contributed by atoms with van der Waals surface area (Å²) in [6.07, 6.45) is 5.56. The smallest absolute Gasteiger partial charge is 0.230 e. The number of nitrogens with one attached hydrogen (secondary N) is 1. The number of carbonyl (C=O) groups excluding carboxylic acids is 1. The van der Waals surface area contributed by atoms with Crippen molar-refractivity contribution in [2.24, 2.45) is 5.41 Å². The Labute approximate surface area is 116 Å². The Bertz CT molecular complexity index is 295. The molecule has 1 amide bonds. The molecule has 2 heterocycles. The molecule has 19 heavy (non-hydrogen) atoms. The van der Waals surface area contributed by atoms with Crippen LogP contribution in [-0.2, 0) is 9.53 Å². The van der Waals surface area contributed by atoms with Gasteiger partial charge in [0.15, 0.2) is 0 Å². The number of carbonyl (C=O) groups is 1. The van der Waals surface area contributed by atoms with Crippen molar-refractivity contribution in [3.8, 4) is 0 Å². The molecule has 4 heteroatoms. The van der Waals surface area contributed by atoms with Gasteiger partial charge in [0, 0.05) is 26.2 Å². The molecular weight excluding hydrogens is 240 g/mol. The number of ether oxygens (including phenoxy) is 1. The molecule has 0 saturated carbocycles. The van der Waals surface area contributed by atoms with Gasteiger partial charge in [-0.3, -0.25) is 4.79 Å². The maximum atomic E-state index is 12.9. The van der Waals surface area contributed by atoms with Gasteiger partial charge in [-0.05, 0) is 39.2 Å². The highest BCUT2D eigenvalue weighted by atomic mass is 16.5. The summed E-state index contributed by atoms with van der Waals surface area (Å²) in [5, 5.41) is 3.37. The number of hydrogen-bond donors (Lipinski definition) is 1. The lowest BCUT2D eigenvalue weighted by Crippen LogP contribution is -2.47. The van der Waals surface area contributed by atoms with Crippen molar-refractivity contribution in [3.05, 3.63) is 0 Å². The van der Waals surface area contributed by atoms with Crippen LogP contribution in [0.4, 0.5) is 0 Å². The predicted octanol–water partition coefficient (Wildman–Crippen LogP) is 1.79. The maximum Gasteiger partial charge on any atom is 0.230 e. The summed E-state index contributed by atoms with van der Waals surface area (Å²) in [4.78, 5) is 14.9. The minimum Gasteiger partial charge on any atom is -0.376 e. The molecule has 1 N–H and O–H groups in total. The SMILES string of the molecule is CCCC1(C(=O)N(CC)CC2CCCO2)CCNC1. The fourth-order valence-electron chi connectivity index (χ4n) is 3.45. The van der Waals surface area contributed by atoms with Crippen molar-refractivity contribution >= 4 is 5.91 Å². The molecule has 2 atom stereocenters. The van der Waals surface area contributed by atoms with E-state index in [1.807, 2.05) is 4.90 Å². The van der Waals surface area contributed by atoms with Gasteiger partial charge in [-0.2, -0.15) is 0 Å². The van der Waals surface area contributed by atoms with E-state index in [4.69, 9.17) is 4.74 Å². The Morgan fingerprint density at radius 2 is 2.32 bits per heavy atom. The van der Waals surface area contributed by atoms with Gasteiger partial charge in [-0.25, -0.2) is 0 Å². The van der Waals surface area contributed by atoms with Crippen molar-refractivity contribution in [1.82, 2.24) is 10.2 Å². The van der Waals surface area contributed by atoms with Crippen LogP contribution in [0.3, 0.4) is 0 Å². The van der Waals surface area contributed by atoms with Crippen molar-refractivity contribution in [1.29, 1.82) is 0 Å². The van der Waals surface area contributed by atoms with Crippen molar-refractivity contribution in [2.75, 3.05) is 32.8 Å². The fourth-order valence-corrected chi connectivity index (χ4v) is 3.45. The first kappa shape index (κ1) is 14.8. The van der Waals surface area contributed by atoms with E-state index in [0.717, 1.165) is 64.9 Å². The molecule has 4 nitrogen and oxygen atoms in total. The minimum atomic E-state index is -0.149. The Kier molecular flexibility index (Phi) is 5.22. The Morgan fingerprint density at radius 1 is 1.47 bits per heavy atom. The third kappa shape index (κ3) is 3.29. The summed E-state index contributed by atoms with van der Waals surface area (Å²) in [6, 6.07) is 0. The molecule has 0 bridgehead atoms. The van der Waals surface area contributed by atoms with Gasteiger partial charge in [0.05, 0.1) is 11.5 Å². The van der Waals surface area contributed by atoms with Crippen LogP contribution in [0.5, 0.6) is 0 Å². The molecule has 0 aromatic rings. The summed E-state index contributed by atoms with van der Waals surface area (Å²) in [6.45, 7) is 8.51. The van der Waals surface area contributed by atoms with Gasteiger partial charge in [0.25, 0.3) is 0 Å². The predicted molar refractivity (Wildman–Crippen MR) is 76.1 cm³/mol. The van der Waals surface area contributed by atoms with E-state index in [-0.39, 0.29) is 11.5 Å². The molecule has 0 spiro atoms. The number of rotatable bonds is 6. The number of likely N-dealkylation sites (N-methyl/N-ethyl adjacent to an activating group) is 1. The summed E-state index contributed by atoms with van der Waals surface area (Å²) in [7, 11) is 0. The third-order valence-corrected chi connectivity index (χ3v) is 4.54. The molecule has 0 radical (unpaired) electrons. The van der Waals surface area contributed by atoms with Crippen LogP contribution < -0.4 is 5.32 Å². The van der Waals surface area contributed by atoms with Crippen LogP contribution in [-0.4, -0.2) is 49.7 Å². The third-order valence-electron chi connectivity index (χ3n) is 4.54. The van der Waals surface area contributed by atoms with Crippen molar-refractivity contribution in [3.63, 3.8) is 0 Å². The van der Waals surface area contributed by atoms with E-state index in [1.165, 1.54) is 0 Å². The van der Waals surface area contributed by atoms with E-state index in [0.29, 0.717) is 5.91 Å². The van der Waals surface area contributed by atoms with Crippen LogP contribution in [0, 0.1) is 5.41 Å². The second kappa shape index (κ2) is 6.71. The zero-order valence-electron chi connectivity index (χ0n) is 12.4. The first-order valence-electron chi connectivity index (χ1n) is 7.83. The number of amides is 1. The molecule has 0 aromatic heterocycles. The summed E-state index contributed by atoms with van der Waals surface area (Å²) < 4.78 is 5.68. The first-order valence-corrected chi connectivity index (χ1v) is 7.83. The lowest BCUT2D eigenvalue weighted by atomic mass is 9.81. The number of hydrogen-bond acceptors (Lipinski definition) is 3. The Hall–Kier alpha value is -0.610. The molecule has 110 valence electrons. The van der Waals surface area contributed by atoms with E-state index < -0.39 is 0 Å². The molecule has 2 unspecified atom stereocenters. The summed E-state index contributed by atoms with van der Waals surface area (Å²) in [5.74, 6) is 0.345. The zero-order chi connectivity index (χ0) is 13.7. The van der Waals surface area contributed by atoms with Gasteiger partial charge >= 0.3 is 0 Å². The highest BCUT2D eigenvalue weighted by Gasteiger charge is 2.42. The van der Waals surface area contributed by atoms with Gasteiger partial charge < -0.3 is 15.0 Å². The van der Waals surface area contributed by atoms with Gasteiger partial charge in [0.2, 0.25) is 5.91 Å². The van der Waals surface area contributed by atoms with Crippen LogP contribution in [0.2, 0.25) is 0 Å². The molecule has 2 fully saturated rings. The molecule has 2 aliphatic heterocycles. The van der Waals surface area contributed by atoms with Crippen molar-refractivity contribution < 1.29 is 9.53 Å². The van der Waals surface area contributed by atoms with E-state index in [9.17, 15) is 4.79 Å². The number of nitrogens with zero attached hydrogens (tertiary/aromatic N) is 1. The average molecular weight is 268 g/mol. The topological polar surface area (TPSA) is 41.6 Å². The fraction of sp³-hybridized carbons (Fsp3) is 0.933. The molecule has 2 saturated heterocycles. The van der Waals surface area contributed by atoms with Crippen LogP contribution >= 0.6 is 0 Å². The molecule has 0 aromatic carbocycles. The maximum absolute atomic E-state index is 12.9. The second-order valence-electron chi connectivity index (χ2n) is 5.94. The van der Waals surface area contributed by atoms with Gasteiger partial charge in [-0.1, -0.05) is 13.3 Å². The van der Waals surface area contributed by atoms with Crippen LogP contribution in [0.1, 0.15) is 46.0 Å². The van der Waals surface area contributed by atoms with Gasteiger partial charge in [0.1, 0.15) is 0 Å². The molecular formula is C15H28N2O2. The molecule has 0 aliphatic carbocycles. The Balaban J connectivity index is 2.00. The Morgan fingerprint density at radius 3 is 2.84 bits per heavy atom. The average Bonchev–Trinajstić information content (AvgIpc) is 3.07. The van der Waals surface area contributed by atoms with E-state index >= 15 is 0 Å². The normalized spacial score (nSPS) is 30.7. The molecule has 2 rings (SSSR count). The minimum absolute atomic E-state index is 0.149. The zero-order valence-corrected chi connectivity index (χ0v) is 12.4. The van der Waals surface area contributed by atoms with Crippen LogP contribution in [0.15, 0.2) is 0 Å². The monoisotopic (exact) mass is 268 g/mol. The van der Waals surface area contributed by atoms with Crippen molar-refractivity contribution in [2.45, 2.75) is 52.1 Å². The molecule has 2 aliphatic rings. The quantitative estimate of drug-likeness (QED) is 0.798. The lowest BCUT2D eigenvalue weighted by molar-refractivity contribution is -0.143. The first-order chi connectivity index (χ1) is 9.22. The van der Waals surface area contributed by atoms with E-state index in [2.05, 4.69) is 19.2 Å². The highest BCUT2D eigenvalue weighted by molar-refractivity contribution is 5.83. The lowest BCUT2D eigenvalue weighted by Gasteiger charge is -2.34.